The number of nitrogens with one attached hydrogen (secondary N) is 1. The average molecular weight is 141 g/mol. The van der Waals surface area contributed by atoms with Crippen LogP contribution in [0, 0.1) is 6.07 Å². The molecule has 1 heterocycles. The molecule has 0 spiro atoms. The minimum atomic E-state index is 0. The fraction of sp³-hybridized carbons (Fsp3) is 0. The Hall–Kier alpha value is -0.380. The Bertz CT molecular complexity index is 287. The van der Waals surface area contributed by atoms with E-state index in [9.17, 15) is 0 Å². The molecule has 0 aliphatic carbocycles. The number of hydrogen-bond acceptors (Lipinski definition) is 2. The summed E-state index contributed by atoms with van der Waals surface area (Å²) >= 11 is 0. The van der Waals surface area contributed by atoms with Crippen LogP contribution < -0.4 is 29.6 Å². The summed E-state index contributed by atoms with van der Waals surface area (Å²) < 4.78 is 0. The van der Waals surface area contributed by atoms with Gasteiger partial charge in [0.2, 0.25) is 0 Å². The van der Waals surface area contributed by atoms with Crippen LogP contribution in [0.3, 0.4) is 0 Å². The van der Waals surface area contributed by atoms with Gasteiger partial charge >= 0.3 is 29.6 Å². The monoisotopic (exact) mass is 141 g/mol. The van der Waals surface area contributed by atoms with Crippen molar-refractivity contribution < 1.29 is 29.6 Å². The number of hydrogen-bond donors (Lipinski definition) is 1. The van der Waals surface area contributed by atoms with Crippen LogP contribution in [0.2, 0.25) is 0 Å². The fourth-order valence-electron chi connectivity index (χ4n) is 0.730. The molecule has 0 bridgehead atoms. The van der Waals surface area contributed by atoms with Gasteiger partial charge in [0.05, 0.1) is 0 Å². The van der Waals surface area contributed by atoms with E-state index in [0.717, 1.165) is 11.0 Å². The first kappa shape index (κ1) is 7.72. The van der Waals surface area contributed by atoms with Gasteiger partial charge in [-0.15, -0.1) is 12.1 Å². The Morgan fingerprint density at radius 1 is 1.30 bits per heavy atom. The van der Waals surface area contributed by atoms with Crippen molar-refractivity contribution in [3.05, 3.63) is 24.3 Å². The molecule has 44 valence electrons. The molecule has 1 aromatic carbocycles. The molecule has 10 heavy (non-hydrogen) atoms. The topological polar surface area (TPSA) is 41.6 Å². The predicted molar refractivity (Wildman–Crippen MR) is 32.7 cm³/mol. The van der Waals surface area contributed by atoms with Crippen molar-refractivity contribution in [2.45, 2.75) is 0 Å². The standard InChI is InChI=1S/C6H4N3.Na/c1-2-4-6-5(3-1)7-9-8-6;/h1,3-4H,(H,7,8,9);/q-1;+1. The van der Waals surface area contributed by atoms with Crippen molar-refractivity contribution in [2.24, 2.45) is 0 Å². The van der Waals surface area contributed by atoms with Gasteiger partial charge in [0.1, 0.15) is 0 Å². The van der Waals surface area contributed by atoms with E-state index in [2.05, 4.69) is 21.5 Å². The van der Waals surface area contributed by atoms with Crippen LogP contribution in [-0.2, 0) is 0 Å². The van der Waals surface area contributed by atoms with Crippen molar-refractivity contribution in [2.75, 3.05) is 0 Å². The van der Waals surface area contributed by atoms with Crippen LogP contribution in [0.25, 0.3) is 11.0 Å². The molecule has 0 amide bonds. The summed E-state index contributed by atoms with van der Waals surface area (Å²) in [5.74, 6) is 0. The van der Waals surface area contributed by atoms with Gasteiger partial charge in [-0.25, -0.2) is 10.3 Å². The Morgan fingerprint density at radius 2 is 2.10 bits per heavy atom. The maximum absolute atomic E-state index is 3.86. The number of aromatic amines is 1. The third-order valence-electron chi connectivity index (χ3n) is 1.16. The molecular formula is C6H4N3Na. The van der Waals surface area contributed by atoms with Crippen LogP contribution in [0.1, 0.15) is 0 Å². The van der Waals surface area contributed by atoms with Crippen LogP contribution in [0.5, 0.6) is 0 Å². The molecule has 0 atom stereocenters. The average Bonchev–Trinajstić information content (AvgIpc) is 2.33. The molecule has 4 heteroatoms. The quantitative estimate of drug-likeness (QED) is 0.333. The summed E-state index contributed by atoms with van der Waals surface area (Å²) in [7, 11) is 0. The summed E-state index contributed by atoms with van der Waals surface area (Å²) in [6.07, 6.45) is 0. The molecule has 0 aliphatic rings. The zero-order valence-corrected chi connectivity index (χ0v) is 7.63. The van der Waals surface area contributed by atoms with E-state index in [1.807, 2.05) is 12.1 Å². The zero-order valence-electron chi connectivity index (χ0n) is 5.63. The summed E-state index contributed by atoms with van der Waals surface area (Å²) in [6.45, 7) is 0. The molecule has 0 aliphatic heterocycles. The number of benzene rings is 1. The largest absolute Gasteiger partial charge is 1.00 e. The van der Waals surface area contributed by atoms with Crippen LogP contribution in [0.15, 0.2) is 18.2 Å². The van der Waals surface area contributed by atoms with E-state index in [1.54, 1.807) is 6.07 Å². The molecular weight excluding hydrogens is 137 g/mol. The minimum Gasteiger partial charge on any atom is -0.223 e. The molecule has 3 nitrogen and oxygen atoms in total. The second kappa shape index (κ2) is 3.14. The molecule has 0 saturated carbocycles. The normalized spacial score (nSPS) is 9.20. The number of rotatable bonds is 0. The van der Waals surface area contributed by atoms with Gasteiger partial charge in [-0.3, -0.25) is 0 Å². The van der Waals surface area contributed by atoms with Gasteiger partial charge in [-0.2, -0.15) is 17.2 Å². The molecule has 0 fully saturated rings. The Morgan fingerprint density at radius 3 is 2.90 bits per heavy atom. The van der Waals surface area contributed by atoms with Gasteiger partial charge in [-0.1, -0.05) is 0 Å². The van der Waals surface area contributed by atoms with Gasteiger partial charge in [-0.05, 0) is 0 Å². The van der Waals surface area contributed by atoms with E-state index in [1.165, 1.54) is 0 Å². The SMILES string of the molecule is [Na+].[c-]1ccc2n[nH]nc2c1. The van der Waals surface area contributed by atoms with Crippen molar-refractivity contribution in [1.82, 2.24) is 15.4 Å². The van der Waals surface area contributed by atoms with Gasteiger partial charge in [0.15, 0.2) is 0 Å². The summed E-state index contributed by atoms with van der Waals surface area (Å²) in [5.41, 5.74) is 1.74. The van der Waals surface area contributed by atoms with Crippen LogP contribution >= 0.6 is 0 Å². The molecule has 2 rings (SSSR count). The van der Waals surface area contributed by atoms with Crippen molar-refractivity contribution in [3.8, 4) is 0 Å². The fourth-order valence-corrected chi connectivity index (χ4v) is 0.730. The number of nitrogens with zero attached hydrogens (tertiary/aromatic N) is 2. The third-order valence-corrected chi connectivity index (χ3v) is 1.16. The smallest absolute Gasteiger partial charge is 0.223 e. The summed E-state index contributed by atoms with van der Waals surface area (Å²) in [5, 5.41) is 10.2. The van der Waals surface area contributed by atoms with Crippen molar-refractivity contribution in [3.63, 3.8) is 0 Å². The van der Waals surface area contributed by atoms with Gasteiger partial charge < -0.3 is 0 Å². The number of aromatic nitrogens is 3. The number of fused-ring (bicyclic) bond motifs is 1. The van der Waals surface area contributed by atoms with Crippen LogP contribution in [0.4, 0.5) is 0 Å². The second-order valence-electron chi connectivity index (χ2n) is 1.74. The van der Waals surface area contributed by atoms with E-state index in [4.69, 9.17) is 0 Å². The van der Waals surface area contributed by atoms with E-state index in [-0.39, 0.29) is 29.6 Å². The van der Waals surface area contributed by atoms with Crippen molar-refractivity contribution >= 4 is 11.0 Å². The van der Waals surface area contributed by atoms with Gasteiger partial charge in [0.25, 0.3) is 0 Å². The third kappa shape index (κ3) is 1.21. The molecule has 0 unspecified atom stereocenters. The first-order chi connectivity index (χ1) is 4.47. The van der Waals surface area contributed by atoms with E-state index in [0.29, 0.717) is 0 Å². The first-order valence-corrected chi connectivity index (χ1v) is 2.63. The summed E-state index contributed by atoms with van der Waals surface area (Å²) in [6, 6.07) is 8.36. The maximum Gasteiger partial charge on any atom is 1.00 e. The van der Waals surface area contributed by atoms with Crippen molar-refractivity contribution in [1.29, 1.82) is 0 Å². The molecule has 0 radical (unpaired) electrons. The maximum atomic E-state index is 3.86. The first-order valence-electron chi connectivity index (χ1n) is 2.63. The zero-order chi connectivity index (χ0) is 6.10. The van der Waals surface area contributed by atoms with Gasteiger partial charge in [0, 0.05) is 11.0 Å². The Kier molecular flexibility index (Phi) is 2.43. The second-order valence-corrected chi connectivity index (χ2v) is 1.74. The predicted octanol–water partition coefficient (Wildman–Crippen LogP) is -2.24. The summed E-state index contributed by atoms with van der Waals surface area (Å²) in [4.78, 5) is 0. The van der Waals surface area contributed by atoms with E-state index < -0.39 is 0 Å². The molecule has 2 aromatic rings. The molecule has 1 N–H and O–H groups in total. The molecule has 0 saturated heterocycles. The minimum absolute atomic E-state index is 0. The molecule has 1 aromatic heterocycles. The Labute approximate surface area is 80.1 Å². The van der Waals surface area contributed by atoms with E-state index >= 15 is 0 Å². The Balaban J connectivity index is 0.000000500. The number of H-pyrrole nitrogens is 1. The van der Waals surface area contributed by atoms with Crippen LogP contribution in [-0.4, -0.2) is 15.4 Å².